The van der Waals surface area contributed by atoms with Crippen LogP contribution >= 0.6 is 11.6 Å². The monoisotopic (exact) mass is 278 g/mol. The van der Waals surface area contributed by atoms with Crippen molar-refractivity contribution in [1.82, 2.24) is 14.8 Å². The van der Waals surface area contributed by atoms with Crippen molar-refractivity contribution in [1.29, 1.82) is 0 Å². The summed E-state index contributed by atoms with van der Waals surface area (Å²) in [5.41, 5.74) is 1.72. The topological polar surface area (TPSA) is 59.8 Å². The summed E-state index contributed by atoms with van der Waals surface area (Å²) in [6.07, 6.45) is 3.04. The predicted molar refractivity (Wildman–Crippen MR) is 74.0 cm³/mol. The van der Waals surface area contributed by atoms with Gasteiger partial charge in [-0.15, -0.1) is 0 Å². The summed E-state index contributed by atoms with van der Waals surface area (Å²) in [6, 6.07) is 5.42. The molecule has 2 aromatic rings. The number of hydrogen-bond donors (Lipinski definition) is 1. The second-order valence-electron chi connectivity index (χ2n) is 4.47. The lowest BCUT2D eigenvalue weighted by molar-refractivity contribution is -0.119. The highest BCUT2D eigenvalue weighted by Crippen LogP contribution is 2.20. The number of carbonyl (C=O) groups is 1. The Labute approximate surface area is 116 Å². The van der Waals surface area contributed by atoms with Crippen molar-refractivity contribution in [3.63, 3.8) is 0 Å². The zero-order valence-corrected chi connectivity index (χ0v) is 11.6. The fourth-order valence-electron chi connectivity index (χ4n) is 1.68. The number of aromatic nitrogens is 3. The van der Waals surface area contributed by atoms with E-state index in [-0.39, 0.29) is 11.8 Å². The van der Waals surface area contributed by atoms with Crippen molar-refractivity contribution in [3.8, 4) is 0 Å². The molecule has 1 atom stereocenters. The van der Waals surface area contributed by atoms with Crippen LogP contribution in [0.4, 0.5) is 5.69 Å². The molecule has 1 N–H and O–H groups in total. The molecular weight excluding hydrogens is 264 g/mol. The molecule has 2 rings (SSSR count). The van der Waals surface area contributed by atoms with Gasteiger partial charge in [-0.3, -0.25) is 9.48 Å². The molecule has 0 saturated heterocycles. The lowest BCUT2D eigenvalue weighted by Gasteiger charge is -2.13. The molecule has 0 fully saturated rings. The fraction of sp³-hybridized carbons (Fsp3) is 0.308. The summed E-state index contributed by atoms with van der Waals surface area (Å²) in [4.78, 5) is 15.9. The molecule has 19 heavy (non-hydrogen) atoms. The van der Waals surface area contributed by atoms with Crippen LogP contribution in [0, 0.1) is 12.8 Å². The van der Waals surface area contributed by atoms with Crippen molar-refractivity contribution in [2.45, 2.75) is 20.4 Å². The first kappa shape index (κ1) is 13.5. The van der Waals surface area contributed by atoms with Crippen molar-refractivity contribution in [3.05, 3.63) is 41.4 Å². The van der Waals surface area contributed by atoms with Gasteiger partial charge in [-0.05, 0) is 24.6 Å². The third kappa shape index (κ3) is 3.54. The summed E-state index contributed by atoms with van der Waals surface area (Å²) in [6.45, 7) is 4.26. The quantitative estimate of drug-likeness (QED) is 0.935. The van der Waals surface area contributed by atoms with Gasteiger partial charge in [0.25, 0.3) is 0 Å². The Bertz CT molecular complexity index is 568. The Hall–Kier alpha value is -1.88. The third-order valence-electron chi connectivity index (χ3n) is 2.83. The maximum Gasteiger partial charge on any atom is 0.229 e. The maximum absolute atomic E-state index is 12.1. The van der Waals surface area contributed by atoms with Crippen molar-refractivity contribution < 1.29 is 4.79 Å². The normalized spacial score (nSPS) is 12.2. The summed E-state index contributed by atoms with van der Waals surface area (Å²) < 4.78 is 1.63. The van der Waals surface area contributed by atoms with Crippen LogP contribution in [-0.4, -0.2) is 20.7 Å². The van der Waals surface area contributed by atoms with Crippen LogP contribution in [0.5, 0.6) is 0 Å². The van der Waals surface area contributed by atoms with Crippen LogP contribution in [0.2, 0.25) is 5.02 Å². The number of halogens is 1. The lowest BCUT2D eigenvalue weighted by Crippen LogP contribution is -2.25. The van der Waals surface area contributed by atoms with Gasteiger partial charge in [0.05, 0.1) is 12.5 Å². The van der Waals surface area contributed by atoms with Gasteiger partial charge >= 0.3 is 0 Å². The minimum atomic E-state index is -0.208. The highest BCUT2D eigenvalue weighted by molar-refractivity contribution is 6.31. The molecule has 5 nitrogen and oxygen atoms in total. The number of amides is 1. The molecule has 0 aliphatic carbocycles. The summed E-state index contributed by atoms with van der Waals surface area (Å²) >= 11 is 5.92. The number of anilines is 1. The first-order chi connectivity index (χ1) is 9.06. The highest BCUT2D eigenvalue weighted by Gasteiger charge is 2.15. The Morgan fingerprint density at radius 2 is 2.32 bits per heavy atom. The number of rotatable bonds is 4. The molecule has 0 aliphatic heterocycles. The third-order valence-corrected chi connectivity index (χ3v) is 3.07. The fourth-order valence-corrected chi connectivity index (χ4v) is 1.85. The van der Waals surface area contributed by atoms with Crippen LogP contribution in [-0.2, 0) is 11.3 Å². The molecule has 0 aliphatic rings. The van der Waals surface area contributed by atoms with Crippen molar-refractivity contribution in [2.24, 2.45) is 5.92 Å². The zero-order chi connectivity index (χ0) is 13.8. The van der Waals surface area contributed by atoms with E-state index in [9.17, 15) is 4.79 Å². The number of carbonyl (C=O) groups excluding carboxylic acids is 1. The Balaban J connectivity index is 2.02. The second-order valence-corrected chi connectivity index (χ2v) is 4.90. The average molecular weight is 279 g/mol. The van der Waals surface area contributed by atoms with Gasteiger partial charge in [-0.1, -0.05) is 24.6 Å². The molecule has 0 spiro atoms. The first-order valence-electron chi connectivity index (χ1n) is 5.95. The van der Waals surface area contributed by atoms with E-state index >= 15 is 0 Å². The lowest BCUT2D eigenvalue weighted by atomic mass is 10.1. The van der Waals surface area contributed by atoms with Crippen LogP contribution in [0.25, 0.3) is 0 Å². The van der Waals surface area contributed by atoms with E-state index in [1.807, 2.05) is 19.9 Å². The van der Waals surface area contributed by atoms with Gasteiger partial charge in [0, 0.05) is 10.7 Å². The highest BCUT2D eigenvalue weighted by atomic mass is 35.5. The summed E-state index contributed by atoms with van der Waals surface area (Å²) in [7, 11) is 0. The SMILES string of the molecule is Cc1ccc(Cl)cc1NC(=O)[C@H](C)Cn1cncn1. The second kappa shape index (κ2) is 5.84. The first-order valence-corrected chi connectivity index (χ1v) is 6.33. The van der Waals surface area contributed by atoms with E-state index in [1.165, 1.54) is 6.33 Å². The molecule has 1 aromatic carbocycles. The standard InChI is InChI=1S/C13H15ClN4O/c1-9-3-4-11(14)5-12(9)17-13(19)10(2)6-18-8-15-7-16-18/h3-5,7-8,10H,6H2,1-2H3,(H,17,19)/t10-/m1/s1. The molecule has 0 radical (unpaired) electrons. The number of aryl methyl sites for hydroxylation is 1. The van der Waals surface area contributed by atoms with E-state index in [2.05, 4.69) is 15.4 Å². The molecule has 6 heteroatoms. The van der Waals surface area contributed by atoms with Gasteiger partial charge in [-0.2, -0.15) is 5.10 Å². The Kier molecular flexibility index (Phi) is 4.16. The summed E-state index contributed by atoms with van der Waals surface area (Å²) in [5.74, 6) is -0.277. The minimum absolute atomic E-state index is 0.0686. The van der Waals surface area contributed by atoms with E-state index in [0.29, 0.717) is 11.6 Å². The molecule has 1 amide bonds. The zero-order valence-electron chi connectivity index (χ0n) is 10.8. The van der Waals surface area contributed by atoms with Crippen LogP contribution in [0.15, 0.2) is 30.9 Å². The Morgan fingerprint density at radius 1 is 1.53 bits per heavy atom. The predicted octanol–water partition coefficient (Wildman–Crippen LogP) is 2.51. The molecule has 0 unspecified atom stereocenters. The molecule has 0 saturated carbocycles. The molecule has 1 heterocycles. The largest absolute Gasteiger partial charge is 0.326 e. The molecule has 1 aromatic heterocycles. The van der Waals surface area contributed by atoms with Crippen LogP contribution in [0.1, 0.15) is 12.5 Å². The number of nitrogens with zero attached hydrogens (tertiary/aromatic N) is 3. The van der Waals surface area contributed by atoms with E-state index in [4.69, 9.17) is 11.6 Å². The van der Waals surface area contributed by atoms with Crippen molar-refractivity contribution >= 4 is 23.2 Å². The molecular formula is C13H15ClN4O. The van der Waals surface area contributed by atoms with Crippen LogP contribution < -0.4 is 5.32 Å². The molecule has 100 valence electrons. The van der Waals surface area contributed by atoms with E-state index in [0.717, 1.165) is 11.3 Å². The van der Waals surface area contributed by atoms with Gasteiger partial charge in [0.2, 0.25) is 5.91 Å². The smallest absolute Gasteiger partial charge is 0.229 e. The van der Waals surface area contributed by atoms with Crippen molar-refractivity contribution in [2.75, 3.05) is 5.32 Å². The number of nitrogens with one attached hydrogen (secondary N) is 1. The average Bonchev–Trinajstić information content (AvgIpc) is 2.86. The van der Waals surface area contributed by atoms with E-state index < -0.39 is 0 Å². The van der Waals surface area contributed by atoms with Crippen LogP contribution in [0.3, 0.4) is 0 Å². The number of hydrogen-bond acceptors (Lipinski definition) is 3. The Morgan fingerprint density at radius 3 is 3.00 bits per heavy atom. The number of benzene rings is 1. The van der Waals surface area contributed by atoms with Gasteiger partial charge < -0.3 is 5.32 Å². The minimum Gasteiger partial charge on any atom is -0.326 e. The molecule has 0 bridgehead atoms. The summed E-state index contributed by atoms with van der Waals surface area (Å²) in [5, 5.41) is 7.46. The van der Waals surface area contributed by atoms with Gasteiger partial charge in [0.1, 0.15) is 12.7 Å². The van der Waals surface area contributed by atoms with E-state index in [1.54, 1.807) is 23.1 Å². The van der Waals surface area contributed by atoms with Gasteiger partial charge in [-0.25, -0.2) is 4.98 Å². The maximum atomic E-state index is 12.1. The van der Waals surface area contributed by atoms with Gasteiger partial charge in [0.15, 0.2) is 0 Å².